The van der Waals surface area contributed by atoms with Gasteiger partial charge in [-0.3, -0.25) is 9.69 Å². The fourth-order valence-corrected chi connectivity index (χ4v) is 4.96. The number of H-pyrrole nitrogens is 1. The minimum absolute atomic E-state index is 0.0546. The van der Waals surface area contributed by atoms with Crippen LogP contribution in [0.15, 0.2) is 60.7 Å². The first-order valence-electron chi connectivity index (χ1n) is 13.1. The van der Waals surface area contributed by atoms with Crippen molar-refractivity contribution >= 4 is 34.4 Å². The molecule has 5 rings (SSSR count). The first kappa shape index (κ1) is 26.2. The Morgan fingerprint density at radius 3 is 2.66 bits per heavy atom. The van der Waals surface area contributed by atoms with Gasteiger partial charge in [0.2, 0.25) is 5.91 Å². The lowest BCUT2D eigenvalue weighted by Gasteiger charge is -2.31. The smallest absolute Gasteiger partial charge is 0.216 e. The Morgan fingerprint density at radius 1 is 1.08 bits per heavy atom. The van der Waals surface area contributed by atoms with Gasteiger partial charge in [-0.25, -0.2) is 9.97 Å². The fourth-order valence-electron chi connectivity index (χ4n) is 4.75. The molecular weight excluding hydrogens is 500 g/mol. The summed E-state index contributed by atoms with van der Waals surface area (Å²) < 4.78 is 6.30. The van der Waals surface area contributed by atoms with Crippen LogP contribution in [0.25, 0.3) is 22.4 Å². The molecule has 4 aromatic rings. The summed E-state index contributed by atoms with van der Waals surface area (Å²) in [6.07, 6.45) is 2.21. The topological polar surface area (TPSA) is 95.2 Å². The molecule has 9 heteroatoms. The third kappa shape index (κ3) is 6.89. The molecule has 0 aliphatic carbocycles. The van der Waals surface area contributed by atoms with Gasteiger partial charge in [-0.15, -0.1) is 0 Å². The SMILES string of the molecule is CC(=O)NCCNc1nc(-c2ccccc2)nc2[nH]c(COC3CCN(Cc4cccc(Cl)c4)CC3)cc12. The zero-order valence-electron chi connectivity index (χ0n) is 21.5. The monoisotopic (exact) mass is 532 g/mol. The molecule has 0 atom stereocenters. The van der Waals surface area contributed by atoms with E-state index in [1.807, 2.05) is 48.5 Å². The van der Waals surface area contributed by atoms with E-state index >= 15 is 0 Å². The molecule has 3 N–H and O–H groups in total. The summed E-state index contributed by atoms with van der Waals surface area (Å²) >= 11 is 6.14. The van der Waals surface area contributed by atoms with Crippen LogP contribution >= 0.6 is 11.6 Å². The van der Waals surface area contributed by atoms with Crippen LogP contribution in [-0.2, 0) is 22.7 Å². The first-order chi connectivity index (χ1) is 18.5. The summed E-state index contributed by atoms with van der Waals surface area (Å²) in [6, 6.07) is 20.0. The highest BCUT2D eigenvalue weighted by Crippen LogP contribution is 2.27. The summed E-state index contributed by atoms with van der Waals surface area (Å²) in [4.78, 5) is 26.7. The first-order valence-corrected chi connectivity index (χ1v) is 13.4. The fraction of sp³-hybridized carbons (Fsp3) is 0.345. The summed E-state index contributed by atoms with van der Waals surface area (Å²) in [6.45, 7) is 5.98. The van der Waals surface area contributed by atoms with Gasteiger partial charge in [0.05, 0.1) is 18.1 Å². The van der Waals surface area contributed by atoms with E-state index in [0.29, 0.717) is 25.5 Å². The van der Waals surface area contributed by atoms with Crippen molar-refractivity contribution in [2.45, 2.75) is 39.0 Å². The van der Waals surface area contributed by atoms with E-state index in [1.54, 1.807) is 0 Å². The average molecular weight is 533 g/mol. The van der Waals surface area contributed by atoms with E-state index in [9.17, 15) is 4.79 Å². The molecule has 0 saturated carbocycles. The number of hydrogen-bond donors (Lipinski definition) is 3. The molecule has 198 valence electrons. The number of hydrogen-bond acceptors (Lipinski definition) is 6. The van der Waals surface area contributed by atoms with E-state index in [-0.39, 0.29) is 12.0 Å². The summed E-state index contributed by atoms with van der Waals surface area (Å²) in [5.74, 6) is 1.32. The van der Waals surface area contributed by atoms with Crippen LogP contribution in [0.3, 0.4) is 0 Å². The van der Waals surface area contributed by atoms with Crippen LogP contribution in [0.2, 0.25) is 5.02 Å². The number of aromatic amines is 1. The number of amides is 1. The lowest BCUT2D eigenvalue weighted by molar-refractivity contribution is -0.118. The number of benzene rings is 2. The Kier molecular flexibility index (Phi) is 8.53. The van der Waals surface area contributed by atoms with Crippen LogP contribution in [0.5, 0.6) is 0 Å². The number of aromatic nitrogens is 3. The van der Waals surface area contributed by atoms with Crippen molar-refractivity contribution in [1.29, 1.82) is 0 Å². The van der Waals surface area contributed by atoms with Crippen molar-refractivity contribution in [3.8, 4) is 11.4 Å². The highest BCUT2D eigenvalue weighted by molar-refractivity contribution is 6.30. The highest BCUT2D eigenvalue weighted by atomic mass is 35.5. The molecule has 8 nitrogen and oxygen atoms in total. The number of carbonyl (C=O) groups excluding carboxylic acids is 1. The second kappa shape index (κ2) is 12.4. The molecule has 0 spiro atoms. The number of fused-ring (bicyclic) bond motifs is 1. The number of carbonyl (C=O) groups is 1. The zero-order chi connectivity index (χ0) is 26.3. The maximum absolute atomic E-state index is 11.2. The number of piperidine rings is 1. The number of rotatable bonds is 10. The number of nitrogens with zero attached hydrogens (tertiary/aromatic N) is 3. The largest absolute Gasteiger partial charge is 0.372 e. The second-order valence-electron chi connectivity index (χ2n) is 9.64. The molecule has 0 bridgehead atoms. The quantitative estimate of drug-likeness (QED) is 0.249. The Morgan fingerprint density at radius 2 is 1.89 bits per heavy atom. The molecule has 2 aromatic carbocycles. The zero-order valence-corrected chi connectivity index (χ0v) is 22.3. The lowest BCUT2D eigenvalue weighted by Crippen LogP contribution is -2.36. The minimum Gasteiger partial charge on any atom is -0.372 e. The second-order valence-corrected chi connectivity index (χ2v) is 10.1. The Labute approximate surface area is 227 Å². The van der Waals surface area contributed by atoms with Crippen LogP contribution in [0.4, 0.5) is 5.82 Å². The molecule has 1 aliphatic heterocycles. The van der Waals surface area contributed by atoms with Gasteiger partial charge in [-0.2, -0.15) is 0 Å². The number of nitrogens with one attached hydrogen (secondary N) is 3. The lowest BCUT2D eigenvalue weighted by atomic mass is 10.1. The molecule has 2 aromatic heterocycles. The van der Waals surface area contributed by atoms with Crippen molar-refractivity contribution < 1.29 is 9.53 Å². The van der Waals surface area contributed by atoms with Crippen LogP contribution in [0, 0.1) is 0 Å². The molecule has 38 heavy (non-hydrogen) atoms. The van der Waals surface area contributed by atoms with Crippen molar-refractivity contribution in [2.75, 3.05) is 31.5 Å². The summed E-state index contributed by atoms with van der Waals surface area (Å²) in [5, 5.41) is 7.86. The Bertz CT molecular complexity index is 1370. The number of likely N-dealkylation sites (tertiary alicyclic amines) is 1. The molecule has 1 fully saturated rings. The van der Waals surface area contributed by atoms with E-state index in [0.717, 1.165) is 65.6 Å². The van der Waals surface area contributed by atoms with Gasteiger partial charge in [0, 0.05) is 55.9 Å². The van der Waals surface area contributed by atoms with Gasteiger partial charge in [0.15, 0.2) is 5.82 Å². The molecule has 0 radical (unpaired) electrons. The van der Waals surface area contributed by atoms with Gasteiger partial charge >= 0.3 is 0 Å². The molecule has 1 saturated heterocycles. The van der Waals surface area contributed by atoms with Crippen molar-refractivity contribution in [2.24, 2.45) is 0 Å². The van der Waals surface area contributed by atoms with E-state index < -0.39 is 0 Å². The number of ether oxygens (including phenoxy) is 1. The molecule has 0 unspecified atom stereocenters. The van der Waals surface area contributed by atoms with E-state index in [2.05, 4.69) is 32.7 Å². The average Bonchev–Trinajstić information content (AvgIpc) is 3.34. The maximum Gasteiger partial charge on any atom is 0.216 e. The van der Waals surface area contributed by atoms with Crippen LogP contribution in [0.1, 0.15) is 31.0 Å². The third-order valence-corrected chi connectivity index (χ3v) is 6.91. The van der Waals surface area contributed by atoms with Crippen LogP contribution in [-0.4, -0.2) is 58.0 Å². The van der Waals surface area contributed by atoms with E-state index in [4.69, 9.17) is 26.3 Å². The van der Waals surface area contributed by atoms with E-state index in [1.165, 1.54) is 12.5 Å². The van der Waals surface area contributed by atoms with Gasteiger partial charge in [0.1, 0.15) is 11.5 Å². The summed E-state index contributed by atoms with van der Waals surface area (Å²) in [7, 11) is 0. The number of halogens is 1. The summed E-state index contributed by atoms with van der Waals surface area (Å²) in [5.41, 5.74) is 3.91. The Hall–Kier alpha value is -3.46. The van der Waals surface area contributed by atoms with Crippen LogP contribution < -0.4 is 10.6 Å². The van der Waals surface area contributed by atoms with Gasteiger partial charge in [-0.05, 0) is 36.6 Å². The van der Waals surface area contributed by atoms with Crippen molar-refractivity contribution in [1.82, 2.24) is 25.2 Å². The Balaban J connectivity index is 1.23. The molecule has 1 amide bonds. The highest BCUT2D eigenvalue weighted by Gasteiger charge is 2.20. The predicted octanol–water partition coefficient (Wildman–Crippen LogP) is 5.01. The van der Waals surface area contributed by atoms with Gasteiger partial charge in [-0.1, -0.05) is 54.1 Å². The standard InChI is InChI=1S/C29H33ClN6O2/c1-20(37)31-12-13-32-28-26-17-24(33-29(26)35-27(34-28)22-7-3-2-4-8-22)19-38-25-10-14-36(15-11-25)18-21-6-5-9-23(30)16-21/h2-9,16-17,25H,10-15,18-19H2,1H3,(H,31,37)(H2,32,33,34,35). The minimum atomic E-state index is -0.0546. The number of anilines is 1. The predicted molar refractivity (Wildman–Crippen MR) is 151 cm³/mol. The van der Waals surface area contributed by atoms with Crippen molar-refractivity contribution in [3.05, 3.63) is 76.9 Å². The van der Waals surface area contributed by atoms with Gasteiger partial charge < -0.3 is 20.4 Å². The molecule has 3 heterocycles. The third-order valence-electron chi connectivity index (χ3n) is 6.67. The molecule has 1 aliphatic rings. The van der Waals surface area contributed by atoms with Crippen molar-refractivity contribution in [3.63, 3.8) is 0 Å². The normalized spacial score (nSPS) is 14.6. The molecular formula is C29H33ClN6O2. The maximum atomic E-state index is 11.2. The van der Waals surface area contributed by atoms with Gasteiger partial charge in [0.25, 0.3) is 0 Å².